The molecule has 1 fully saturated rings. The van der Waals surface area contributed by atoms with E-state index in [-0.39, 0.29) is 22.4 Å². The van der Waals surface area contributed by atoms with Crippen molar-refractivity contribution in [1.29, 1.82) is 0 Å². The van der Waals surface area contributed by atoms with Crippen LogP contribution < -0.4 is 0 Å². The van der Waals surface area contributed by atoms with E-state index in [1.54, 1.807) is 0 Å². The molecule has 1 aliphatic rings. The highest BCUT2D eigenvalue weighted by Gasteiger charge is 2.39. The molecule has 0 spiro atoms. The summed E-state index contributed by atoms with van der Waals surface area (Å²) in [6, 6.07) is 0. The van der Waals surface area contributed by atoms with Crippen molar-refractivity contribution in [2.75, 3.05) is 6.26 Å². The Labute approximate surface area is 114 Å². The molecule has 1 aliphatic carbocycles. The molecular formula is C11H11F3N4OS. The third kappa shape index (κ3) is 2.09. The maximum absolute atomic E-state index is 13.0. The molecule has 108 valence electrons. The van der Waals surface area contributed by atoms with Gasteiger partial charge in [0.2, 0.25) is 5.16 Å². The number of hydrogen-bond acceptors (Lipinski definition) is 4. The SMILES string of the molecule is CS(=O)c1ncc2c(C(F)(F)F)nc(C3CCC3)n2n1. The number of aromatic nitrogens is 4. The molecule has 0 radical (unpaired) electrons. The number of nitrogens with zero attached hydrogens (tertiary/aromatic N) is 4. The van der Waals surface area contributed by atoms with Crippen molar-refractivity contribution in [3.05, 3.63) is 17.7 Å². The van der Waals surface area contributed by atoms with E-state index in [2.05, 4.69) is 15.1 Å². The maximum atomic E-state index is 13.0. The van der Waals surface area contributed by atoms with Gasteiger partial charge in [0.15, 0.2) is 5.69 Å². The Hall–Kier alpha value is -1.51. The molecule has 1 unspecified atom stereocenters. The van der Waals surface area contributed by atoms with Gasteiger partial charge in [0.25, 0.3) is 0 Å². The fraction of sp³-hybridized carbons (Fsp3) is 0.545. The first-order valence-corrected chi connectivity index (χ1v) is 7.60. The first-order chi connectivity index (χ1) is 9.38. The van der Waals surface area contributed by atoms with Crippen LogP contribution >= 0.6 is 0 Å². The summed E-state index contributed by atoms with van der Waals surface area (Å²) in [7, 11) is -1.45. The van der Waals surface area contributed by atoms with Gasteiger partial charge in [-0.3, -0.25) is 4.21 Å². The van der Waals surface area contributed by atoms with E-state index >= 15 is 0 Å². The van der Waals surface area contributed by atoms with Crippen LogP contribution in [0.2, 0.25) is 0 Å². The third-order valence-electron chi connectivity index (χ3n) is 3.39. The lowest BCUT2D eigenvalue weighted by atomic mass is 9.85. The summed E-state index contributed by atoms with van der Waals surface area (Å²) in [6.07, 6.45) is 0.436. The van der Waals surface area contributed by atoms with Gasteiger partial charge >= 0.3 is 6.18 Å². The fourth-order valence-corrected chi connectivity index (χ4v) is 2.56. The van der Waals surface area contributed by atoms with E-state index in [1.165, 1.54) is 6.26 Å². The lowest BCUT2D eigenvalue weighted by molar-refractivity contribution is -0.139. The normalized spacial score (nSPS) is 18.2. The Balaban J connectivity index is 2.25. The van der Waals surface area contributed by atoms with Crippen LogP contribution in [-0.4, -0.2) is 30.0 Å². The van der Waals surface area contributed by atoms with E-state index in [1.807, 2.05) is 0 Å². The Morgan fingerprint density at radius 2 is 2.10 bits per heavy atom. The number of imidazole rings is 1. The first-order valence-electron chi connectivity index (χ1n) is 6.04. The minimum atomic E-state index is -4.55. The van der Waals surface area contributed by atoms with Gasteiger partial charge in [0, 0.05) is 12.2 Å². The largest absolute Gasteiger partial charge is 0.435 e. The molecule has 20 heavy (non-hydrogen) atoms. The lowest BCUT2D eigenvalue weighted by Gasteiger charge is -2.23. The zero-order valence-corrected chi connectivity index (χ0v) is 11.3. The van der Waals surface area contributed by atoms with Gasteiger partial charge in [0.1, 0.15) is 11.3 Å². The molecule has 2 heterocycles. The molecule has 2 aromatic rings. The zero-order valence-electron chi connectivity index (χ0n) is 10.5. The Kier molecular flexibility index (Phi) is 3.03. The van der Waals surface area contributed by atoms with Crippen molar-refractivity contribution < 1.29 is 17.4 Å². The molecule has 0 saturated heterocycles. The quantitative estimate of drug-likeness (QED) is 0.853. The average molecular weight is 304 g/mol. The van der Waals surface area contributed by atoms with Crippen LogP contribution in [0.1, 0.15) is 36.7 Å². The van der Waals surface area contributed by atoms with Crippen molar-refractivity contribution >= 4 is 16.3 Å². The van der Waals surface area contributed by atoms with E-state index in [0.717, 1.165) is 30.0 Å². The minimum absolute atomic E-state index is 0.00389. The van der Waals surface area contributed by atoms with Crippen molar-refractivity contribution in [1.82, 2.24) is 19.6 Å². The van der Waals surface area contributed by atoms with Crippen LogP contribution in [0.4, 0.5) is 13.2 Å². The average Bonchev–Trinajstić information content (AvgIpc) is 2.65. The van der Waals surface area contributed by atoms with Gasteiger partial charge in [-0.1, -0.05) is 6.42 Å². The fourth-order valence-electron chi connectivity index (χ4n) is 2.16. The lowest BCUT2D eigenvalue weighted by Crippen LogP contribution is -2.14. The maximum Gasteiger partial charge on any atom is 0.435 e. The van der Waals surface area contributed by atoms with E-state index in [4.69, 9.17) is 0 Å². The molecule has 0 N–H and O–H groups in total. The van der Waals surface area contributed by atoms with Gasteiger partial charge < -0.3 is 0 Å². The minimum Gasteiger partial charge on any atom is -0.251 e. The second kappa shape index (κ2) is 4.51. The topological polar surface area (TPSA) is 60.2 Å². The summed E-state index contributed by atoms with van der Waals surface area (Å²) in [4.78, 5) is 7.44. The molecule has 1 saturated carbocycles. The van der Waals surface area contributed by atoms with Crippen LogP contribution in [0.5, 0.6) is 0 Å². The summed E-state index contributed by atoms with van der Waals surface area (Å²) in [5, 5.41) is 3.96. The molecule has 3 rings (SSSR count). The van der Waals surface area contributed by atoms with Gasteiger partial charge in [-0.25, -0.2) is 14.5 Å². The Morgan fingerprint density at radius 3 is 2.60 bits per heavy atom. The summed E-state index contributed by atoms with van der Waals surface area (Å²) in [5.41, 5.74) is -1.17. The molecule has 0 aliphatic heterocycles. The molecule has 9 heteroatoms. The standard InChI is InChI=1S/C11H11F3N4OS/c1-20(19)10-15-5-7-8(11(12,13)14)16-9(18(7)17-10)6-3-2-4-6/h5-6H,2-4H2,1H3. The number of alkyl halides is 3. The highest BCUT2D eigenvalue weighted by Crippen LogP contribution is 2.39. The number of fused-ring (bicyclic) bond motifs is 1. The number of hydrogen-bond donors (Lipinski definition) is 0. The van der Waals surface area contributed by atoms with Crippen LogP contribution in [-0.2, 0) is 17.0 Å². The van der Waals surface area contributed by atoms with Crippen LogP contribution in [0, 0.1) is 0 Å². The Morgan fingerprint density at radius 1 is 1.40 bits per heavy atom. The molecule has 5 nitrogen and oxygen atoms in total. The molecule has 1 atom stereocenters. The third-order valence-corrected chi connectivity index (χ3v) is 4.09. The molecule has 0 amide bonds. The second-order valence-electron chi connectivity index (χ2n) is 4.74. The van der Waals surface area contributed by atoms with Gasteiger partial charge in [0.05, 0.1) is 17.0 Å². The Bertz CT molecular complexity index is 693. The number of rotatable bonds is 2. The highest BCUT2D eigenvalue weighted by molar-refractivity contribution is 7.84. The van der Waals surface area contributed by atoms with E-state index in [9.17, 15) is 17.4 Å². The van der Waals surface area contributed by atoms with Gasteiger partial charge in [-0.2, -0.15) is 13.2 Å². The highest BCUT2D eigenvalue weighted by atomic mass is 32.2. The monoisotopic (exact) mass is 304 g/mol. The van der Waals surface area contributed by atoms with E-state index < -0.39 is 22.7 Å². The number of halogens is 3. The second-order valence-corrected chi connectivity index (χ2v) is 6.01. The summed E-state index contributed by atoms with van der Waals surface area (Å²) in [6.45, 7) is 0. The van der Waals surface area contributed by atoms with Crippen molar-refractivity contribution in [2.24, 2.45) is 0 Å². The molecule has 2 aromatic heterocycles. The van der Waals surface area contributed by atoms with Crippen LogP contribution in [0.25, 0.3) is 5.52 Å². The zero-order chi connectivity index (χ0) is 14.5. The molecule has 0 aromatic carbocycles. The van der Waals surface area contributed by atoms with E-state index in [0.29, 0.717) is 0 Å². The first kappa shape index (κ1) is 13.5. The predicted molar refractivity (Wildman–Crippen MR) is 64.7 cm³/mol. The summed E-state index contributed by atoms with van der Waals surface area (Å²) in [5.74, 6) is 0.263. The van der Waals surface area contributed by atoms with Crippen molar-refractivity contribution in [2.45, 2.75) is 36.5 Å². The van der Waals surface area contributed by atoms with Crippen molar-refractivity contribution in [3.8, 4) is 0 Å². The smallest absolute Gasteiger partial charge is 0.251 e. The van der Waals surface area contributed by atoms with Crippen molar-refractivity contribution in [3.63, 3.8) is 0 Å². The molecule has 0 bridgehead atoms. The molecular weight excluding hydrogens is 293 g/mol. The van der Waals surface area contributed by atoms with Crippen LogP contribution in [0.3, 0.4) is 0 Å². The van der Waals surface area contributed by atoms with Crippen LogP contribution in [0.15, 0.2) is 11.4 Å². The van der Waals surface area contributed by atoms with Gasteiger partial charge in [-0.15, -0.1) is 5.10 Å². The summed E-state index contributed by atoms with van der Waals surface area (Å²) < 4.78 is 51.5. The summed E-state index contributed by atoms with van der Waals surface area (Å²) >= 11 is 0. The van der Waals surface area contributed by atoms with Gasteiger partial charge in [-0.05, 0) is 12.8 Å². The predicted octanol–water partition coefficient (Wildman–Crippen LogP) is 2.15.